The molecule has 0 bridgehead atoms. The first-order chi connectivity index (χ1) is 6.95. The van der Waals surface area contributed by atoms with Crippen LogP contribution in [-0.2, 0) is 0 Å². The van der Waals surface area contributed by atoms with Crippen molar-refractivity contribution in [2.45, 2.75) is 48.8 Å². The molecule has 2 rings (SSSR count). The number of aromatic nitrogens is 1. The van der Waals surface area contributed by atoms with Crippen molar-refractivity contribution in [2.75, 3.05) is 0 Å². The molecule has 0 saturated heterocycles. The maximum atomic E-state index is 4.37. The highest BCUT2D eigenvalue weighted by molar-refractivity contribution is 7.99. The van der Waals surface area contributed by atoms with Crippen LogP contribution in [0.1, 0.15) is 38.5 Å². The second-order valence-electron chi connectivity index (χ2n) is 3.90. The zero-order valence-corrected chi connectivity index (χ0v) is 9.30. The Morgan fingerprint density at radius 2 is 1.86 bits per heavy atom. The molecule has 0 aromatic carbocycles. The Kier molecular flexibility index (Phi) is 3.87. The van der Waals surface area contributed by atoms with Crippen LogP contribution in [0.4, 0.5) is 0 Å². The molecule has 0 amide bonds. The second-order valence-corrected chi connectivity index (χ2v) is 5.22. The molecule has 1 aliphatic carbocycles. The van der Waals surface area contributed by atoms with Crippen molar-refractivity contribution in [3.8, 4) is 0 Å². The van der Waals surface area contributed by atoms with E-state index in [1.807, 2.05) is 24.0 Å². The minimum absolute atomic E-state index is 0.812. The summed E-state index contributed by atoms with van der Waals surface area (Å²) in [7, 11) is 0. The third kappa shape index (κ3) is 3.02. The highest BCUT2D eigenvalue weighted by atomic mass is 32.2. The van der Waals surface area contributed by atoms with Crippen LogP contribution in [-0.4, -0.2) is 10.2 Å². The van der Waals surface area contributed by atoms with Crippen molar-refractivity contribution in [2.24, 2.45) is 0 Å². The van der Waals surface area contributed by atoms with E-state index in [4.69, 9.17) is 0 Å². The van der Waals surface area contributed by atoms with Crippen LogP contribution in [0.2, 0.25) is 0 Å². The highest BCUT2D eigenvalue weighted by Crippen LogP contribution is 2.31. The van der Waals surface area contributed by atoms with E-state index in [0.29, 0.717) is 0 Å². The summed E-state index contributed by atoms with van der Waals surface area (Å²) in [6, 6.07) is 6.18. The van der Waals surface area contributed by atoms with E-state index in [9.17, 15) is 0 Å². The fourth-order valence-electron chi connectivity index (χ4n) is 1.95. The Labute approximate surface area is 90.3 Å². The van der Waals surface area contributed by atoms with Gasteiger partial charge in [-0.15, -0.1) is 11.8 Å². The van der Waals surface area contributed by atoms with Gasteiger partial charge in [-0.1, -0.05) is 31.7 Å². The van der Waals surface area contributed by atoms with E-state index in [2.05, 4.69) is 17.1 Å². The Morgan fingerprint density at radius 1 is 1.07 bits per heavy atom. The van der Waals surface area contributed by atoms with E-state index >= 15 is 0 Å². The molecule has 1 aromatic rings. The van der Waals surface area contributed by atoms with E-state index < -0.39 is 0 Å². The minimum Gasteiger partial charge on any atom is -0.250 e. The molecule has 0 N–H and O–H groups in total. The molecule has 1 aliphatic rings. The molecule has 0 atom stereocenters. The minimum atomic E-state index is 0.812. The first-order valence-corrected chi connectivity index (χ1v) is 6.41. The highest BCUT2D eigenvalue weighted by Gasteiger charge is 2.13. The summed E-state index contributed by atoms with van der Waals surface area (Å²) >= 11 is 1.97. The molecule has 76 valence electrons. The van der Waals surface area contributed by atoms with Gasteiger partial charge in [0.25, 0.3) is 0 Å². The Balaban J connectivity index is 1.90. The lowest BCUT2D eigenvalue weighted by Crippen LogP contribution is -2.00. The third-order valence-electron chi connectivity index (χ3n) is 2.73. The smallest absolute Gasteiger partial charge is 0.0962 e. The van der Waals surface area contributed by atoms with Gasteiger partial charge in [0.15, 0.2) is 0 Å². The molecule has 0 unspecified atom stereocenters. The van der Waals surface area contributed by atoms with Crippen LogP contribution in [0.3, 0.4) is 0 Å². The second kappa shape index (κ2) is 5.40. The maximum Gasteiger partial charge on any atom is 0.0962 e. The largest absolute Gasteiger partial charge is 0.250 e. The van der Waals surface area contributed by atoms with E-state index in [-0.39, 0.29) is 0 Å². The van der Waals surface area contributed by atoms with Crippen LogP contribution >= 0.6 is 11.8 Å². The summed E-state index contributed by atoms with van der Waals surface area (Å²) in [5.74, 6) is 0. The zero-order valence-electron chi connectivity index (χ0n) is 8.48. The summed E-state index contributed by atoms with van der Waals surface area (Å²) in [5.41, 5.74) is 0. The summed E-state index contributed by atoms with van der Waals surface area (Å²) < 4.78 is 0. The fraction of sp³-hybridized carbons (Fsp3) is 0.583. The number of hydrogen-bond donors (Lipinski definition) is 0. The number of rotatable bonds is 2. The predicted molar refractivity (Wildman–Crippen MR) is 61.6 cm³/mol. The number of nitrogens with zero attached hydrogens (tertiary/aromatic N) is 1. The predicted octanol–water partition coefficient (Wildman–Crippen LogP) is 3.90. The van der Waals surface area contributed by atoms with Crippen molar-refractivity contribution in [3.63, 3.8) is 0 Å². The monoisotopic (exact) mass is 207 g/mol. The molecule has 0 aliphatic heterocycles. The first-order valence-electron chi connectivity index (χ1n) is 5.53. The van der Waals surface area contributed by atoms with Crippen LogP contribution in [0.5, 0.6) is 0 Å². The molecule has 2 heteroatoms. The van der Waals surface area contributed by atoms with E-state index in [0.717, 1.165) is 5.25 Å². The van der Waals surface area contributed by atoms with Crippen molar-refractivity contribution in [3.05, 3.63) is 24.4 Å². The van der Waals surface area contributed by atoms with Gasteiger partial charge in [0.05, 0.1) is 5.03 Å². The molecule has 1 fully saturated rings. The molecule has 1 saturated carbocycles. The first kappa shape index (κ1) is 10.0. The Morgan fingerprint density at radius 3 is 2.50 bits per heavy atom. The average Bonchev–Trinajstić information content (AvgIpc) is 2.48. The molecule has 14 heavy (non-hydrogen) atoms. The molecular weight excluding hydrogens is 190 g/mol. The van der Waals surface area contributed by atoms with E-state index in [1.54, 1.807) is 0 Å². The lowest BCUT2D eigenvalue weighted by Gasteiger charge is -2.11. The van der Waals surface area contributed by atoms with Gasteiger partial charge in [-0.3, -0.25) is 0 Å². The Hall–Kier alpha value is -0.500. The SMILES string of the molecule is c1ccc(SC2CCCCCC2)nc1. The fourth-order valence-corrected chi connectivity index (χ4v) is 3.14. The van der Waals surface area contributed by atoms with Crippen molar-refractivity contribution in [1.82, 2.24) is 4.98 Å². The van der Waals surface area contributed by atoms with Crippen LogP contribution in [0.15, 0.2) is 29.4 Å². The summed E-state index contributed by atoms with van der Waals surface area (Å²) in [4.78, 5) is 4.37. The normalized spacial score (nSPS) is 19.1. The lowest BCUT2D eigenvalue weighted by atomic mass is 10.2. The van der Waals surface area contributed by atoms with Gasteiger partial charge in [-0.25, -0.2) is 4.98 Å². The molecule has 1 nitrogen and oxygen atoms in total. The van der Waals surface area contributed by atoms with Crippen molar-refractivity contribution >= 4 is 11.8 Å². The van der Waals surface area contributed by atoms with Gasteiger partial charge in [0.2, 0.25) is 0 Å². The zero-order chi connectivity index (χ0) is 9.64. The molecule has 1 heterocycles. The van der Waals surface area contributed by atoms with Gasteiger partial charge in [0.1, 0.15) is 0 Å². The summed E-state index contributed by atoms with van der Waals surface area (Å²) in [5, 5.41) is 2.01. The van der Waals surface area contributed by atoms with Crippen LogP contribution < -0.4 is 0 Å². The van der Waals surface area contributed by atoms with Gasteiger partial charge in [0, 0.05) is 11.4 Å². The van der Waals surface area contributed by atoms with Gasteiger partial charge < -0.3 is 0 Å². The van der Waals surface area contributed by atoms with Crippen molar-refractivity contribution in [1.29, 1.82) is 0 Å². The topological polar surface area (TPSA) is 12.9 Å². The molecular formula is C12H17NS. The lowest BCUT2D eigenvalue weighted by molar-refractivity contribution is 0.702. The Bertz CT molecular complexity index is 252. The van der Waals surface area contributed by atoms with Gasteiger partial charge in [-0.2, -0.15) is 0 Å². The number of thioether (sulfide) groups is 1. The average molecular weight is 207 g/mol. The summed E-state index contributed by atoms with van der Waals surface area (Å²) in [6.07, 6.45) is 10.3. The molecule has 1 aromatic heterocycles. The third-order valence-corrected chi connectivity index (χ3v) is 4.02. The number of hydrogen-bond acceptors (Lipinski definition) is 2. The molecule has 0 radical (unpaired) electrons. The van der Waals surface area contributed by atoms with Crippen LogP contribution in [0, 0.1) is 0 Å². The summed E-state index contributed by atoms with van der Waals surface area (Å²) in [6.45, 7) is 0. The van der Waals surface area contributed by atoms with Crippen LogP contribution in [0.25, 0.3) is 0 Å². The van der Waals surface area contributed by atoms with Gasteiger partial charge in [-0.05, 0) is 25.0 Å². The van der Waals surface area contributed by atoms with E-state index in [1.165, 1.54) is 43.6 Å². The van der Waals surface area contributed by atoms with Gasteiger partial charge >= 0.3 is 0 Å². The van der Waals surface area contributed by atoms with Crippen molar-refractivity contribution < 1.29 is 0 Å². The number of pyridine rings is 1. The standard InChI is InChI=1S/C12H17NS/c1-2-4-8-11(7-3-1)14-12-9-5-6-10-13-12/h5-6,9-11H,1-4,7-8H2. The quantitative estimate of drug-likeness (QED) is 0.682. The molecule has 0 spiro atoms. The maximum absolute atomic E-state index is 4.37.